The Kier molecular flexibility index (Phi) is 3.49. The van der Waals surface area contributed by atoms with Crippen LogP contribution in [-0.2, 0) is 4.74 Å². The minimum Gasteiger partial charge on any atom is -0.381 e. The first-order chi connectivity index (χ1) is 7.92. The van der Waals surface area contributed by atoms with E-state index in [1.807, 2.05) is 0 Å². The predicted molar refractivity (Wildman–Crippen MR) is 65.4 cm³/mol. The van der Waals surface area contributed by atoms with E-state index in [4.69, 9.17) is 4.74 Å². The van der Waals surface area contributed by atoms with Gasteiger partial charge in [0.2, 0.25) is 0 Å². The van der Waals surface area contributed by atoms with E-state index in [0.717, 1.165) is 36.9 Å². The molecule has 2 saturated carbocycles. The molecule has 1 saturated heterocycles. The third kappa shape index (κ3) is 2.43. The largest absolute Gasteiger partial charge is 0.381 e. The third-order valence-corrected chi connectivity index (χ3v) is 5.06. The maximum Gasteiger partial charge on any atom is 0.0469 e. The van der Waals surface area contributed by atoms with Crippen molar-refractivity contribution in [3.05, 3.63) is 0 Å². The van der Waals surface area contributed by atoms with Gasteiger partial charge in [0.15, 0.2) is 0 Å². The topological polar surface area (TPSA) is 21.3 Å². The number of hydrogen-bond acceptors (Lipinski definition) is 2. The van der Waals surface area contributed by atoms with Gasteiger partial charge in [-0.05, 0) is 68.9 Å². The molecule has 0 amide bonds. The van der Waals surface area contributed by atoms with Gasteiger partial charge in [-0.3, -0.25) is 0 Å². The average Bonchev–Trinajstić information content (AvgIpc) is 2.92. The third-order valence-electron chi connectivity index (χ3n) is 5.06. The lowest BCUT2D eigenvalue weighted by Gasteiger charge is -2.25. The van der Waals surface area contributed by atoms with Gasteiger partial charge < -0.3 is 10.1 Å². The first kappa shape index (κ1) is 11.0. The van der Waals surface area contributed by atoms with E-state index >= 15 is 0 Å². The molecular formula is C14H25NO. The summed E-state index contributed by atoms with van der Waals surface area (Å²) in [5.74, 6) is 4.07. The Labute approximate surface area is 99.1 Å². The standard InChI is InChI=1S/C14H25NO/c1-2-13-7-12(1)8-14(13)10-15-9-11-3-5-16-6-4-11/h11-15H,1-10H2. The summed E-state index contributed by atoms with van der Waals surface area (Å²) in [6.07, 6.45) is 8.65. The second-order valence-electron chi connectivity index (χ2n) is 6.15. The van der Waals surface area contributed by atoms with Gasteiger partial charge in [0.05, 0.1) is 0 Å². The van der Waals surface area contributed by atoms with Gasteiger partial charge >= 0.3 is 0 Å². The Morgan fingerprint density at radius 2 is 1.81 bits per heavy atom. The summed E-state index contributed by atoms with van der Waals surface area (Å²) in [7, 11) is 0. The van der Waals surface area contributed by atoms with Gasteiger partial charge in [0.25, 0.3) is 0 Å². The Morgan fingerprint density at radius 1 is 0.938 bits per heavy atom. The van der Waals surface area contributed by atoms with Crippen molar-refractivity contribution >= 4 is 0 Å². The Bertz CT molecular complexity index is 225. The summed E-state index contributed by atoms with van der Waals surface area (Å²) in [6.45, 7) is 4.50. The maximum absolute atomic E-state index is 5.39. The molecule has 2 nitrogen and oxygen atoms in total. The molecule has 2 bridgehead atoms. The van der Waals surface area contributed by atoms with Crippen molar-refractivity contribution in [2.75, 3.05) is 26.3 Å². The van der Waals surface area contributed by atoms with Crippen LogP contribution >= 0.6 is 0 Å². The highest BCUT2D eigenvalue weighted by molar-refractivity contribution is 4.90. The summed E-state index contributed by atoms with van der Waals surface area (Å²) >= 11 is 0. The molecule has 2 aliphatic carbocycles. The van der Waals surface area contributed by atoms with Crippen LogP contribution in [-0.4, -0.2) is 26.3 Å². The molecule has 1 aliphatic heterocycles. The zero-order chi connectivity index (χ0) is 10.8. The maximum atomic E-state index is 5.39. The summed E-state index contributed by atoms with van der Waals surface area (Å²) in [5, 5.41) is 3.73. The summed E-state index contributed by atoms with van der Waals surface area (Å²) < 4.78 is 5.39. The lowest BCUT2D eigenvalue weighted by atomic mass is 9.88. The molecule has 1 heterocycles. The van der Waals surface area contributed by atoms with Gasteiger partial charge in [-0.2, -0.15) is 0 Å². The smallest absolute Gasteiger partial charge is 0.0469 e. The van der Waals surface area contributed by atoms with Crippen molar-refractivity contribution < 1.29 is 4.74 Å². The Balaban J connectivity index is 1.34. The molecule has 3 aliphatic rings. The minimum absolute atomic E-state index is 0.882. The molecule has 1 N–H and O–H groups in total. The predicted octanol–water partition coefficient (Wildman–Crippen LogP) is 2.44. The number of ether oxygens (including phenoxy) is 1. The molecule has 0 spiro atoms. The fourth-order valence-corrected chi connectivity index (χ4v) is 4.05. The van der Waals surface area contributed by atoms with Gasteiger partial charge in [0.1, 0.15) is 0 Å². The molecule has 92 valence electrons. The van der Waals surface area contributed by atoms with Gasteiger partial charge in [-0.15, -0.1) is 0 Å². The van der Waals surface area contributed by atoms with Crippen LogP contribution in [0.4, 0.5) is 0 Å². The van der Waals surface area contributed by atoms with Crippen molar-refractivity contribution in [3.63, 3.8) is 0 Å². The molecule has 0 aromatic rings. The Hall–Kier alpha value is -0.0800. The second-order valence-corrected chi connectivity index (χ2v) is 6.15. The summed E-state index contributed by atoms with van der Waals surface area (Å²) in [4.78, 5) is 0. The molecule has 3 rings (SSSR count). The van der Waals surface area contributed by atoms with Crippen LogP contribution in [0.2, 0.25) is 0 Å². The fourth-order valence-electron chi connectivity index (χ4n) is 4.05. The summed E-state index contributed by atoms with van der Waals surface area (Å²) in [6, 6.07) is 0. The van der Waals surface area contributed by atoms with Crippen LogP contribution in [0.15, 0.2) is 0 Å². The minimum atomic E-state index is 0.882. The van der Waals surface area contributed by atoms with Crippen molar-refractivity contribution in [3.8, 4) is 0 Å². The van der Waals surface area contributed by atoms with E-state index in [9.17, 15) is 0 Å². The highest BCUT2D eigenvalue weighted by Gasteiger charge is 2.38. The normalized spacial score (nSPS) is 39.4. The molecular weight excluding hydrogens is 198 g/mol. The monoisotopic (exact) mass is 223 g/mol. The van der Waals surface area contributed by atoms with Crippen LogP contribution in [0.25, 0.3) is 0 Å². The first-order valence-electron chi connectivity index (χ1n) is 7.20. The van der Waals surface area contributed by atoms with Gasteiger partial charge in [-0.25, -0.2) is 0 Å². The van der Waals surface area contributed by atoms with Gasteiger partial charge in [-0.1, -0.05) is 6.42 Å². The molecule has 2 heteroatoms. The highest BCUT2D eigenvalue weighted by Crippen LogP contribution is 2.47. The Morgan fingerprint density at radius 3 is 2.50 bits per heavy atom. The molecule has 3 fully saturated rings. The van der Waals surface area contributed by atoms with E-state index in [-0.39, 0.29) is 0 Å². The van der Waals surface area contributed by atoms with E-state index in [0.29, 0.717) is 0 Å². The fraction of sp³-hybridized carbons (Fsp3) is 1.00. The highest BCUT2D eigenvalue weighted by atomic mass is 16.5. The van der Waals surface area contributed by atoms with Crippen LogP contribution in [0.5, 0.6) is 0 Å². The SMILES string of the molecule is C1CC(CNCC2CC3CCC2C3)CCO1. The van der Waals surface area contributed by atoms with Crippen LogP contribution in [0, 0.1) is 23.7 Å². The van der Waals surface area contributed by atoms with E-state index in [2.05, 4.69) is 5.32 Å². The average molecular weight is 223 g/mol. The molecule has 0 radical (unpaired) electrons. The van der Waals surface area contributed by atoms with Crippen molar-refractivity contribution in [1.29, 1.82) is 0 Å². The zero-order valence-electron chi connectivity index (χ0n) is 10.3. The quantitative estimate of drug-likeness (QED) is 0.790. The van der Waals surface area contributed by atoms with E-state index in [1.165, 1.54) is 45.2 Å². The van der Waals surface area contributed by atoms with E-state index < -0.39 is 0 Å². The number of fused-ring (bicyclic) bond motifs is 2. The molecule has 3 atom stereocenters. The number of hydrogen-bond donors (Lipinski definition) is 1. The zero-order valence-corrected chi connectivity index (χ0v) is 10.3. The van der Waals surface area contributed by atoms with Crippen LogP contribution < -0.4 is 5.32 Å². The molecule has 3 unspecified atom stereocenters. The number of nitrogens with one attached hydrogen (secondary N) is 1. The molecule has 0 aromatic carbocycles. The van der Waals surface area contributed by atoms with Crippen LogP contribution in [0.1, 0.15) is 38.5 Å². The van der Waals surface area contributed by atoms with Crippen molar-refractivity contribution in [2.24, 2.45) is 23.7 Å². The lowest BCUT2D eigenvalue weighted by Crippen LogP contribution is -2.32. The van der Waals surface area contributed by atoms with E-state index in [1.54, 1.807) is 6.42 Å². The second kappa shape index (κ2) is 5.05. The molecule has 16 heavy (non-hydrogen) atoms. The first-order valence-corrected chi connectivity index (χ1v) is 7.20. The number of rotatable bonds is 4. The van der Waals surface area contributed by atoms with Gasteiger partial charge in [0, 0.05) is 13.2 Å². The van der Waals surface area contributed by atoms with Crippen molar-refractivity contribution in [1.82, 2.24) is 5.32 Å². The summed E-state index contributed by atoms with van der Waals surface area (Å²) in [5.41, 5.74) is 0. The van der Waals surface area contributed by atoms with Crippen LogP contribution in [0.3, 0.4) is 0 Å². The molecule has 0 aromatic heterocycles. The lowest BCUT2D eigenvalue weighted by molar-refractivity contribution is 0.0658. The van der Waals surface area contributed by atoms with Crippen molar-refractivity contribution in [2.45, 2.75) is 38.5 Å².